The monoisotopic (exact) mass is 333 g/mol. The molecule has 0 bridgehead atoms. The average Bonchev–Trinajstić information content (AvgIpc) is 2.90. The van der Waals surface area contributed by atoms with Crippen LogP contribution in [0.3, 0.4) is 0 Å². The Balaban J connectivity index is 1.74. The summed E-state index contributed by atoms with van der Waals surface area (Å²) in [6.07, 6.45) is 2.71. The summed E-state index contributed by atoms with van der Waals surface area (Å²) in [4.78, 5) is 17.6. The second-order valence-electron chi connectivity index (χ2n) is 6.37. The third kappa shape index (κ3) is 3.63. The summed E-state index contributed by atoms with van der Waals surface area (Å²) >= 11 is 6.24. The molecule has 2 aromatic rings. The lowest BCUT2D eigenvalue weighted by atomic mass is 10.0. The van der Waals surface area contributed by atoms with E-state index in [4.69, 9.17) is 16.7 Å². The van der Waals surface area contributed by atoms with Gasteiger partial charge in [-0.1, -0.05) is 17.7 Å². The van der Waals surface area contributed by atoms with Crippen LogP contribution in [0.15, 0.2) is 30.5 Å². The molecule has 1 aromatic heterocycles. The van der Waals surface area contributed by atoms with Crippen molar-refractivity contribution in [2.24, 2.45) is 0 Å². The first-order chi connectivity index (χ1) is 11.0. The number of nitrogens with one attached hydrogen (secondary N) is 1. The second kappa shape index (κ2) is 6.43. The summed E-state index contributed by atoms with van der Waals surface area (Å²) in [6, 6.07) is 7.81. The van der Waals surface area contributed by atoms with Gasteiger partial charge in [0.05, 0.1) is 12.1 Å². The summed E-state index contributed by atoms with van der Waals surface area (Å²) in [5.74, 6) is -0.822. The Hall–Kier alpha value is -1.69. The van der Waals surface area contributed by atoms with Gasteiger partial charge in [0.1, 0.15) is 0 Å². The number of pyridine rings is 1. The molecule has 1 aliphatic rings. The zero-order valence-corrected chi connectivity index (χ0v) is 13.8. The molecule has 2 heterocycles. The molecule has 122 valence electrons. The summed E-state index contributed by atoms with van der Waals surface area (Å²) in [7, 11) is 0. The van der Waals surface area contributed by atoms with Crippen LogP contribution >= 0.6 is 11.6 Å². The van der Waals surface area contributed by atoms with Crippen molar-refractivity contribution in [1.29, 1.82) is 0 Å². The number of aliphatic carboxylic acids is 1. The number of carbonyl (C=O) groups is 1. The molecule has 0 saturated carbocycles. The minimum Gasteiger partial charge on any atom is -0.480 e. The smallest absolute Gasteiger partial charge is 0.317 e. The lowest BCUT2D eigenvalue weighted by molar-refractivity contribution is -0.136. The molecule has 0 spiro atoms. The average molecular weight is 334 g/mol. The molecule has 1 aliphatic heterocycles. The van der Waals surface area contributed by atoms with Crippen molar-refractivity contribution in [1.82, 2.24) is 15.2 Å². The number of rotatable bonds is 5. The van der Waals surface area contributed by atoms with Gasteiger partial charge in [-0.3, -0.25) is 14.7 Å². The molecule has 0 unspecified atom stereocenters. The van der Waals surface area contributed by atoms with Gasteiger partial charge in [-0.25, -0.2) is 0 Å². The van der Waals surface area contributed by atoms with E-state index in [1.54, 1.807) is 6.20 Å². The molecule has 2 N–H and O–H groups in total. The number of likely N-dealkylation sites (tertiary alicyclic amines) is 1. The van der Waals surface area contributed by atoms with Crippen LogP contribution in [-0.2, 0) is 11.3 Å². The standard InChI is InChI=1S/C17H20ClN3O2/c1-17(20-9-15(22)23)6-8-21(11-17)10-12-4-5-14(18)13-3-2-7-19-16(12)13/h2-5,7,20H,6,8-11H2,1H3,(H,22,23)/t17-/m0/s1. The van der Waals surface area contributed by atoms with Gasteiger partial charge >= 0.3 is 5.97 Å². The lowest BCUT2D eigenvalue weighted by Gasteiger charge is -2.25. The second-order valence-corrected chi connectivity index (χ2v) is 6.78. The van der Waals surface area contributed by atoms with E-state index in [1.165, 1.54) is 0 Å². The molecule has 1 saturated heterocycles. The fourth-order valence-electron chi connectivity index (χ4n) is 3.19. The summed E-state index contributed by atoms with van der Waals surface area (Å²) < 4.78 is 0. The van der Waals surface area contributed by atoms with Crippen molar-refractivity contribution in [3.05, 3.63) is 41.0 Å². The molecular weight excluding hydrogens is 314 g/mol. The van der Waals surface area contributed by atoms with E-state index in [1.807, 2.05) is 24.3 Å². The Labute approximate surface area is 140 Å². The Morgan fingerprint density at radius 2 is 2.30 bits per heavy atom. The van der Waals surface area contributed by atoms with Crippen LogP contribution in [0.2, 0.25) is 5.02 Å². The summed E-state index contributed by atoms with van der Waals surface area (Å²) in [5, 5.41) is 13.7. The van der Waals surface area contributed by atoms with Gasteiger partial charge in [-0.05, 0) is 37.1 Å². The lowest BCUT2D eigenvalue weighted by Crippen LogP contribution is -2.46. The summed E-state index contributed by atoms with van der Waals surface area (Å²) in [6.45, 7) is 4.61. The molecule has 6 heteroatoms. The predicted octanol–water partition coefficient (Wildman–Crippen LogP) is 2.53. The molecule has 1 atom stereocenters. The topological polar surface area (TPSA) is 65.5 Å². The van der Waals surface area contributed by atoms with Crippen LogP contribution in [0.4, 0.5) is 0 Å². The third-order valence-electron chi connectivity index (χ3n) is 4.41. The van der Waals surface area contributed by atoms with Gasteiger partial charge in [0.25, 0.3) is 0 Å². The molecule has 5 nitrogen and oxygen atoms in total. The highest BCUT2D eigenvalue weighted by atomic mass is 35.5. The zero-order chi connectivity index (χ0) is 16.4. The van der Waals surface area contributed by atoms with Crippen LogP contribution in [0, 0.1) is 0 Å². The number of hydrogen-bond acceptors (Lipinski definition) is 4. The van der Waals surface area contributed by atoms with Crippen LogP contribution in [-0.4, -0.2) is 46.1 Å². The third-order valence-corrected chi connectivity index (χ3v) is 4.74. The van der Waals surface area contributed by atoms with Crippen LogP contribution < -0.4 is 5.32 Å². The van der Waals surface area contributed by atoms with Crippen molar-refractivity contribution in [2.45, 2.75) is 25.4 Å². The fraction of sp³-hybridized carbons (Fsp3) is 0.412. The van der Waals surface area contributed by atoms with Crippen molar-refractivity contribution in [3.63, 3.8) is 0 Å². The molecular formula is C17H20ClN3O2. The number of benzene rings is 1. The van der Waals surface area contributed by atoms with E-state index in [9.17, 15) is 4.79 Å². The van der Waals surface area contributed by atoms with Crippen molar-refractivity contribution in [2.75, 3.05) is 19.6 Å². The van der Waals surface area contributed by atoms with Gasteiger partial charge in [0, 0.05) is 41.8 Å². The maximum absolute atomic E-state index is 10.8. The summed E-state index contributed by atoms with van der Waals surface area (Å²) in [5.41, 5.74) is 1.92. The quantitative estimate of drug-likeness (QED) is 0.880. The highest BCUT2D eigenvalue weighted by Gasteiger charge is 2.33. The van der Waals surface area contributed by atoms with Gasteiger partial charge in [-0.15, -0.1) is 0 Å². The van der Waals surface area contributed by atoms with E-state index < -0.39 is 5.97 Å². The highest BCUT2D eigenvalue weighted by molar-refractivity contribution is 6.35. The normalized spacial score (nSPS) is 21.8. The Morgan fingerprint density at radius 3 is 3.09 bits per heavy atom. The number of carboxylic acids is 1. The molecule has 23 heavy (non-hydrogen) atoms. The number of hydrogen-bond donors (Lipinski definition) is 2. The Bertz CT molecular complexity index is 737. The highest BCUT2D eigenvalue weighted by Crippen LogP contribution is 2.28. The van der Waals surface area contributed by atoms with Gasteiger partial charge in [0.2, 0.25) is 0 Å². The SMILES string of the molecule is C[C@]1(NCC(=O)O)CCN(Cc2ccc(Cl)c3cccnc23)C1. The first-order valence-electron chi connectivity index (χ1n) is 7.68. The minimum absolute atomic E-state index is 0.00420. The number of fused-ring (bicyclic) bond motifs is 1. The van der Waals surface area contributed by atoms with Gasteiger partial charge in [-0.2, -0.15) is 0 Å². The van der Waals surface area contributed by atoms with Crippen LogP contribution in [0.5, 0.6) is 0 Å². The fourth-order valence-corrected chi connectivity index (χ4v) is 3.41. The molecule has 1 aromatic carbocycles. The molecule has 0 radical (unpaired) electrons. The largest absolute Gasteiger partial charge is 0.480 e. The Kier molecular flexibility index (Phi) is 4.53. The van der Waals surface area contributed by atoms with Crippen molar-refractivity contribution in [3.8, 4) is 0 Å². The van der Waals surface area contributed by atoms with Gasteiger partial charge < -0.3 is 10.4 Å². The number of nitrogens with zero attached hydrogens (tertiary/aromatic N) is 2. The first kappa shape index (κ1) is 16.2. The van der Waals surface area contributed by atoms with Crippen molar-refractivity contribution < 1.29 is 9.90 Å². The number of aromatic nitrogens is 1. The molecule has 3 rings (SSSR count). The molecule has 0 amide bonds. The predicted molar refractivity (Wildman–Crippen MR) is 90.7 cm³/mol. The van der Waals surface area contributed by atoms with E-state index in [0.29, 0.717) is 5.02 Å². The van der Waals surface area contributed by atoms with E-state index in [0.717, 1.165) is 42.5 Å². The maximum atomic E-state index is 10.8. The Morgan fingerprint density at radius 1 is 1.48 bits per heavy atom. The van der Waals surface area contributed by atoms with E-state index in [-0.39, 0.29) is 12.1 Å². The van der Waals surface area contributed by atoms with Crippen LogP contribution in [0.1, 0.15) is 18.9 Å². The minimum atomic E-state index is -0.822. The maximum Gasteiger partial charge on any atom is 0.317 e. The molecule has 0 aliphatic carbocycles. The zero-order valence-electron chi connectivity index (χ0n) is 13.1. The molecule has 1 fully saturated rings. The van der Waals surface area contributed by atoms with E-state index >= 15 is 0 Å². The number of halogens is 1. The van der Waals surface area contributed by atoms with Crippen molar-refractivity contribution >= 4 is 28.5 Å². The van der Waals surface area contributed by atoms with E-state index in [2.05, 4.69) is 22.1 Å². The number of carboxylic acid groups (broad SMARTS) is 1. The van der Waals surface area contributed by atoms with Crippen LogP contribution in [0.25, 0.3) is 10.9 Å². The first-order valence-corrected chi connectivity index (χ1v) is 8.06. The van der Waals surface area contributed by atoms with Gasteiger partial charge in [0.15, 0.2) is 0 Å².